The minimum Gasteiger partial charge on any atom is -0.490 e. The van der Waals surface area contributed by atoms with Crippen LogP contribution in [0, 0.1) is 5.41 Å². The molecule has 2 nitrogen and oxygen atoms in total. The van der Waals surface area contributed by atoms with Gasteiger partial charge in [0.2, 0.25) is 0 Å². The van der Waals surface area contributed by atoms with Crippen LogP contribution in [0.1, 0.15) is 44.1 Å². The Bertz CT molecular complexity index is 393. The highest BCUT2D eigenvalue weighted by Gasteiger charge is 2.36. The third kappa shape index (κ3) is 2.79. The molecule has 1 N–H and O–H groups in total. The van der Waals surface area contributed by atoms with Gasteiger partial charge in [-0.3, -0.25) is 0 Å². The monoisotopic (exact) mass is 259 g/mol. The van der Waals surface area contributed by atoms with Gasteiger partial charge in [0.05, 0.1) is 0 Å². The highest BCUT2D eigenvalue weighted by atomic mass is 16.5. The maximum absolute atomic E-state index is 6.15. The van der Waals surface area contributed by atoms with Crippen molar-refractivity contribution in [2.24, 2.45) is 5.41 Å². The number of para-hydroxylation sites is 1. The summed E-state index contributed by atoms with van der Waals surface area (Å²) in [4.78, 5) is 0. The van der Waals surface area contributed by atoms with E-state index in [1.807, 2.05) is 0 Å². The molecule has 0 aromatic heterocycles. The summed E-state index contributed by atoms with van der Waals surface area (Å²) < 4.78 is 6.15. The molecule has 2 aliphatic rings. The van der Waals surface area contributed by atoms with Crippen molar-refractivity contribution in [2.45, 2.75) is 51.0 Å². The Hall–Kier alpha value is -1.02. The molecular formula is C17H25NO. The molecule has 0 saturated heterocycles. The average Bonchev–Trinajstić information content (AvgIpc) is 2.81. The molecule has 0 bridgehead atoms. The first-order chi connectivity index (χ1) is 9.31. The largest absolute Gasteiger partial charge is 0.490 e. The second kappa shape index (κ2) is 5.54. The summed E-state index contributed by atoms with van der Waals surface area (Å²) in [6.45, 7) is 1.14. The lowest BCUT2D eigenvalue weighted by molar-refractivity contribution is 0.0965. The maximum Gasteiger partial charge on any atom is 0.123 e. The van der Waals surface area contributed by atoms with Crippen LogP contribution >= 0.6 is 0 Å². The predicted molar refractivity (Wildman–Crippen MR) is 78.6 cm³/mol. The molecule has 0 spiro atoms. The molecular weight excluding hydrogens is 234 g/mol. The van der Waals surface area contributed by atoms with Crippen molar-refractivity contribution in [1.82, 2.24) is 5.32 Å². The van der Waals surface area contributed by atoms with Gasteiger partial charge in [-0.05, 0) is 43.4 Å². The Morgan fingerprint density at radius 2 is 2.00 bits per heavy atom. The number of rotatable bonds is 4. The summed E-state index contributed by atoms with van der Waals surface area (Å²) in [7, 11) is 2.08. The van der Waals surface area contributed by atoms with E-state index in [-0.39, 0.29) is 0 Å². The summed E-state index contributed by atoms with van der Waals surface area (Å²) in [5.74, 6) is 1.11. The van der Waals surface area contributed by atoms with E-state index in [0.717, 1.165) is 18.7 Å². The van der Waals surface area contributed by atoms with E-state index in [1.54, 1.807) is 0 Å². The molecule has 1 aromatic carbocycles. The number of benzene rings is 1. The molecule has 1 aliphatic heterocycles. The van der Waals surface area contributed by atoms with Crippen molar-refractivity contribution in [3.63, 3.8) is 0 Å². The van der Waals surface area contributed by atoms with Gasteiger partial charge in [-0.1, -0.05) is 37.5 Å². The molecule has 104 valence electrons. The molecule has 1 heterocycles. The summed E-state index contributed by atoms with van der Waals surface area (Å²) in [5, 5.41) is 3.42. The zero-order chi connectivity index (χ0) is 13.1. The van der Waals surface area contributed by atoms with Gasteiger partial charge in [-0.25, -0.2) is 0 Å². The van der Waals surface area contributed by atoms with Gasteiger partial charge in [0.1, 0.15) is 11.9 Å². The van der Waals surface area contributed by atoms with Crippen LogP contribution in [-0.2, 0) is 6.42 Å². The molecule has 1 aliphatic carbocycles. The molecule has 2 heteroatoms. The van der Waals surface area contributed by atoms with Crippen LogP contribution < -0.4 is 10.1 Å². The van der Waals surface area contributed by atoms with Crippen LogP contribution in [-0.4, -0.2) is 19.7 Å². The highest BCUT2D eigenvalue weighted by Crippen LogP contribution is 2.42. The number of hydrogen-bond acceptors (Lipinski definition) is 2. The van der Waals surface area contributed by atoms with Crippen LogP contribution in [0.2, 0.25) is 0 Å². The molecule has 1 saturated carbocycles. The van der Waals surface area contributed by atoms with Gasteiger partial charge in [0, 0.05) is 13.0 Å². The lowest BCUT2D eigenvalue weighted by Gasteiger charge is -2.39. The lowest BCUT2D eigenvalue weighted by atomic mass is 9.70. The maximum atomic E-state index is 6.15. The quantitative estimate of drug-likeness (QED) is 0.893. The minimum absolute atomic E-state index is 0.392. The first-order valence-electron chi connectivity index (χ1n) is 7.70. The van der Waals surface area contributed by atoms with Gasteiger partial charge in [0.25, 0.3) is 0 Å². The number of nitrogens with one attached hydrogen (secondary N) is 1. The number of ether oxygens (including phenoxy) is 1. The standard InChI is InChI=1S/C17H25NO/c1-18-13-17(9-5-2-6-10-17)12-15-11-14-7-3-4-8-16(14)19-15/h3-4,7-8,15,18H,2,5-6,9-13H2,1H3. The fourth-order valence-corrected chi connectivity index (χ4v) is 3.98. The Morgan fingerprint density at radius 1 is 1.21 bits per heavy atom. The molecule has 3 rings (SSSR count). The first kappa shape index (κ1) is 13.0. The van der Waals surface area contributed by atoms with Crippen LogP contribution in [0.3, 0.4) is 0 Å². The van der Waals surface area contributed by atoms with E-state index < -0.39 is 0 Å². The lowest BCUT2D eigenvalue weighted by Crippen LogP contribution is -2.38. The Morgan fingerprint density at radius 3 is 2.74 bits per heavy atom. The van der Waals surface area contributed by atoms with E-state index in [4.69, 9.17) is 4.74 Å². The molecule has 1 aromatic rings. The fourth-order valence-electron chi connectivity index (χ4n) is 3.98. The van der Waals surface area contributed by atoms with E-state index in [9.17, 15) is 0 Å². The first-order valence-corrected chi connectivity index (χ1v) is 7.70. The van der Waals surface area contributed by atoms with Crippen LogP contribution in [0.4, 0.5) is 0 Å². The predicted octanol–water partition coefficient (Wildman–Crippen LogP) is 3.55. The van der Waals surface area contributed by atoms with Crippen molar-refractivity contribution in [1.29, 1.82) is 0 Å². The van der Waals surface area contributed by atoms with Crippen LogP contribution in [0.5, 0.6) is 5.75 Å². The van der Waals surface area contributed by atoms with Gasteiger partial charge < -0.3 is 10.1 Å². The zero-order valence-corrected chi connectivity index (χ0v) is 12.0. The summed E-state index contributed by atoms with van der Waals surface area (Å²) in [6.07, 6.45) is 9.63. The van der Waals surface area contributed by atoms with Gasteiger partial charge in [-0.15, -0.1) is 0 Å². The SMILES string of the molecule is CNCC1(CC2Cc3ccccc3O2)CCCCC1. The molecule has 19 heavy (non-hydrogen) atoms. The van der Waals surface area contributed by atoms with Crippen LogP contribution in [0.15, 0.2) is 24.3 Å². The summed E-state index contributed by atoms with van der Waals surface area (Å²) in [5.41, 5.74) is 1.86. The zero-order valence-electron chi connectivity index (χ0n) is 12.0. The third-order valence-corrected chi connectivity index (χ3v) is 4.84. The summed E-state index contributed by atoms with van der Waals surface area (Å²) in [6, 6.07) is 8.52. The Kier molecular flexibility index (Phi) is 3.79. The highest BCUT2D eigenvalue weighted by molar-refractivity contribution is 5.37. The van der Waals surface area contributed by atoms with Crippen LogP contribution in [0.25, 0.3) is 0 Å². The van der Waals surface area contributed by atoms with Crippen molar-refractivity contribution >= 4 is 0 Å². The van der Waals surface area contributed by atoms with E-state index >= 15 is 0 Å². The summed E-state index contributed by atoms with van der Waals surface area (Å²) >= 11 is 0. The molecule has 0 amide bonds. The molecule has 0 radical (unpaired) electrons. The Balaban J connectivity index is 1.67. The normalized spacial score (nSPS) is 24.8. The van der Waals surface area contributed by atoms with Crippen molar-refractivity contribution in [3.8, 4) is 5.75 Å². The topological polar surface area (TPSA) is 21.3 Å². The van der Waals surface area contributed by atoms with E-state index in [0.29, 0.717) is 11.5 Å². The second-order valence-electron chi connectivity index (χ2n) is 6.35. The third-order valence-electron chi connectivity index (χ3n) is 4.84. The van der Waals surface area contributed by atoms with E-state index in [1.165, 1.54) is 44.1 Å². The fraction of sp³-hybridized carbons (Fsp3) is 0.647. The van der Waals surface area contributed by atoms with Gasteiger partial charge in [0.15, 0.2) is 0 Å². The molecule has 1 unspecified atom stereocenters. The smallest absolute Gasteiger partial charge is 0.123 e. The second-order valence-corrected chi connectivity index (χ2v) is 6.35. The van der Waals surface area contributed by atoms with Crippen molar-refractivity contribution < 1.29 is 4.74 Å². The van der Waals surface area contributed by atoms with Crippen molar-refractivity contribution in [3.05, 3.63) is 29.8 Å². The molecule has 1 fully saturated rings. The van der Waals surface area contributed by atoms with Gasteiger partial charge >= 0.3 is 0 Å². The van der Waals surface area contributed by atoms with E-state index in [2.05, 4.69) is 36.6 Å². The molecule has 1 atom stereocenters. The minimum atomic E-state index is 0.392. The number of fused-ring (bicyclic) bond motifs is 1. The van der Waals surface area contributed by atoms with Crippen molar-refractivity contribution in [2.75, 3.05) is 13.6 Å². The van der Waals surface area contributed by atoms with Gasteiger partial charge in [-0.2, -0.15) is 0 Å². The number of hydrogen-bond donors (Lipinski definition) is 1. The Labute approximate surface area is 116 Å². The average molecular weight is 259 g/mol.